The molecule has 2 aromatic carbocycles. The largest absolute Gasteiger partial charge is 0.469 e. The molecule has 0 spiro atoms. The summed E-state index contributed by atoms with van der Waals surface area (Å²) in [5.74, 6) is 5.42. The van der Waals surface area contributed by atoms with Gasteiger partial charge >= 0.3 is 5.97 Å². The fourth-order valence-corrected chi connectivity index (χ4v) is 4.27. The first-order valence-electron chi connectivity index (χ1n) is 8.91. The number of methoxy groups -OCH3 is 1. The van der Waals surface area contributed by atoms with E-state index in [1.807, 2.05) is 30.3 Å². The van der Waals surface area contributed by atoms with Crippen molar-refractivity contribution in [2.24, 2.45) is 11.3 Å². The molecule has 0 radical (unpaired) electrons. The number of nitrogens with two attached hydrogens (primary N) is 1. The third-order valence-corrected chi connectivity index (χ3v) is 5.84. The van der Waals surface area contributed by atoms with Gasteiger partial charge in [0.15, 0.2) is 0 Å². The number of amides is 1. The molecule has 5 nitrogen and oxygen atoms in total. The molecule has 2 aromatic rings. The van der Waals surface area contributed by atoms with Gasteiger partial charge in [0.05, 0.1) is 25.0 Å². The van der Waals surface area contributed by atoms with E-state index in [0.717, 1.165) is 11.1 Å². The number of piperidine rings is 1. The van der Waals surface area contributed by atoms with Crippen molar-refractivity contribution >= 4 is 35.1 Å². The highest BCUT2D eigenvalue weighted by Crippen LogP contribution is 2.50. The van der Waals surface area contributed by atoms with Crippen LogP contribution in [0.25, 0.3) is 0 Å². The zero-order chi connectivity index (χ0) is 20.5. The molecule has 28 heavy (non-hydrogen) atoms. The number of nitrogens with zero attached hydrogens (tertiary/aromatic N) is 1. The van der Waals surface area contributed by atoms with Crippen LogP contribution in [-0.2, 0) is 14.3 Å². The smallest absolute Gasteiger partial charge is 0.306 e. The van der Waals surface area contributed by atoms with Crippen molar-refractivity contribution in [2.75, 3.05) is 7.11 Å². The molecule has 1 aliphatic heterocycles. The minimum absolute atomic E-state index is 0.0412. The molecular formula is C21H22Cl2N2O3. The van der Waals surface area contributed by atoms with Crippen LogP contribution in [0, 0.1) is 5.41 Å². The maximum absolute atomic E-state index is 13.1. The van der Waals surface area contributed by atoms with E-state index in [9.17, 15) is 9.59 Å². The van der Waals surface area contributed by atoms with Gasteiger partial charge in [-0.25, -0.2) is 5.84 Å². The third kappa shape index (κ3) is 4.02. The SMILES string of the molecule is COC(=O)CC1(C)CC(c2cccc(Cl)c2)C(c2ccc(Cl)cc2)N(N)C1=O. The molecule has 3 unspecified atom stereocenters. The summed E-state index contributed by atoms with van der Waals surface area (Å²) in [5.41, 5.74) is 0.842. The molecule has 1 saturated heterocycles. The van der Waals surface area contributed by atoms with Gasteiger partial charge in [-0.1, -0.05) is 54.4 Å². The molecule has 1 aliphatic rings. The lowest BCUT2D eigenvalue weighted by atomic mass is 9.68. The molecule has 0 saturated carbocycles. The number of halogens is 2. The number of carbonyl (C=O) groups is 2. The molecule has 0 aliphatic carbocycles. The average Bonchev–Trinajstić information content (AvgIpc) is 2.67. The van der Waals surface area contributed by atoms with Gasteiger partial charge in [-0.15, -0.1) is 0 Å². The number of ether oxygens (including phenoxy) is 1. The second-order valence-electron chi connectivity index (χ2n) is 7.39. The summed E-state index contributed by atoms with van der Waals surface area (Å²) in [4.78, 5) is 25.1. The molecule has 2 N–H and O–H groups in total. The van der Waals surface area contributed by atoms with Crippen LogP contribution in [0.1, 0.15) is 42.9 Å². The van der Waals surface area contributed by atoms with Crippen LogP contribution in [0.3, 0.4) is 0 Å². The standard InChI is InChI=1S/C21H22Cl2N2O3/c1-21(12-18(26)28-2)11-17(14-4-3-5-16(23)10-14)19(25(24)20(21)27)13-6-8-15(22)9-7-13/h3-10,17,19H,11-12,24H2,1-2H3. The van der Waals surface area contributed by atoms with Crippen LogP contribution < -0.4 is 5.84 Å². The lowest BCUT2D eigenvalue weighted by Gasteiger charge is -2.47. The molecular weight excluding hydrogens is 399 g/mol. The predicted molar refractivity (Wildman–Crippen MR) is 109 cm³/mol. The maximum Gasteiger partial charge on any atom is 0.306 e. The molecule has 148 valence electrons. The summed E-state index contributed by atoms with van der Waals surface area (Å²) in [6.07, 6.45) is 0.392. The molecule has 1 heterocycles. The van der Waals surface area contributed by atoms with Crippen LogP contribution in [0.2, 0.25) is 10.0 Å². The van der Waals surface area contributed by atoms with E-state index >= 15 is 0 Å². The van der Waals surface area contributed by atoms with Crippen molar-refractivity contribution in [3.63, 3.8) is 0 Å². The van der Waals surface area contributed by atoms with Crippen molar-refractivity contribution in [1.29, 1.82) is 0 Å². The average molecular weight is 421 g/mol. The summed E-state index contributed by atoms with van der Waals surface area (Å²) in [5, 5.41) is 2.44. The maximum atomic E-state index is 13.1. The first-order valence-corrected chi connectivity index (χ1v) is 9.67. The third-order valence-electron chi connectivity index (χ3n) is 5.35. The molecule has 7 heteroatoms. The zero-order valence-electron chi connectivity index (χ0n) is 15.7. The number of rotatable bonds is 4. The van der Waals surface area contributed by atoms with Crippen molar-refractivity contribution < 1.29 is 14.3 Å². The Morgan fingerprint density at radius 2 is 1.86 bits per heavy atom. The number of hydrazine groups is 1. The van der Waals surface area contributed by atoms with Crippen LogP contribution >= 0.6 is 23.2 Å². The highest BCUT2D eigenvalue weighted by molar-refractivity contribution is 6.30. The Kier molecular flexibility index (Phi) is 5.98. The van der Waals surface area contributed by atoms with Crippen LogP contribution in [0.15, 0.2) is 48.5 Å². The van der Waals surface area contributed by atoms with Gasteiger partial charge in [0.1, 0.15) is 0 Å². The second kappa shape index (κ2) is 8.11. The highest BCUT2D eigenvalue weighted by Gasteiger charge is 2.50. The Morgan fingerprint density at radius 3 is 2.46 bits per heavy atom. The quantitative estimate of drug-likeness (QED) is 0.449. The minimum Gasteiger partial charge on any atom is -0.469 e. The summed E-state index contributed by atoms with van der Waals surface area (Å²) in [6.45, 7) is 1.75. The van der Waals surface area contributed by atoms with E-state index in [0.29, 0.717) is 16.5 Å². The number of esters is 1. The Balaban J connectivity index is 2.08. The Morgan fingerprint density at radius 1 is 1.18 bits per heavy atom. The number of hydrogen-bond donors (Lipinski definition) is 1. The molecule has 1 fully saturated rings. The van der Waals surface area contributed by atoms with E-state index in [-0.39, 0.29) is 18.2 Å². The highest BCUT2D eigenvalue weighted by atomic mass is 35.5. The van der Waals surface area contributed by atoms with Crippen molar-refractivity contribution in [2.45, 2.75) is 31.7 Å². The van der Waals surface area contributed by atoms with Crippen molar-refractivity contribution in [3.8, 4) is 0 Å². The van der Waals surface area contributed by atoms with Crippen molar-refractivity contribution in [1.82, 2.24) is 5.01 Å². The predicted octanol–water partition coefficient (Wildman–Crippen LogP) is 4.49. The van der Waals surface area contributed by atoms with Gasteiger partial charge in [0.2, 0.25) is 5.91 Å². The van der Waals surface area contributed by atoms with Crippen LogP contribution in [-0.4, -0.2) is 24.0 Å². The van der Waals surface area contributed by atoms with E-state index in [1.165, 1.54) is 12.1 Å². The van der Waals surface area contributed by atoms with E-state index < -0.39 is 17.4 Å². The van der Waals surface area contributed by atoms with Crippen LogP contribution in [0.4, 0.5) is 0 Å². The first-order chi connectivity index (χ1) is 13.2. The topological polar surface area (TPSA) is 72.6 Å². The Labute approximate surface area is 174 Å². The summed E-state index contributed by atoms with van der Waals surface area (Å²) < 4.78 is 4.80. The van der Waals surface area contributed by atoms with E-state index in [2.05, 4.69) is 0 Å². The molecule has 3 atom stereocenters. The van der Waals surface area contributed by atoms with Crippen LogP contribution in [0.5, 0.6) is 0 Å². The zero-order valence-corrected chi connectivity index (χ0v) is 17.2. The molecule has 3 rings (SSSR count). The number of hydrogen-bond acceptors (Lipinski definition) is 4. The fourth-order valence-electron chi connectivity index (χ4n) is 3.94. The van der Waals surface area contributed by atoms with E-state index in [1.54, 1.807) is 25.1 Å². The summed E-state index contributed by atoms with van der Waals surface area (Å²) in [6, 6.07) is 14.4. The number of carbonyl (C=O) groups excluding carboxylic acids is 2. The van der Waals surface area contributed by atoms with Gasteiger partial charge < -0.3 is 4.74 Å². The lowest BCUT2D eigenvalue weighted by molar-refractivity contribution is -0.159. The minimum atomic E-state index is -0.974. The van der Waals surface area contributed by atoms with Gasteiger partial charge in [-0.3, -0.25) is 14.6 Å². The van der Waals surface area contributed by atoms with E-state index in [4.69, 9.17) is 33.8 Å². The van der Waals surface area contributed by atoms with Gasteiger partial charge in [0, 0.05) is 16.0 Å². The summed E-state index contributed by atoms with van der Waals surface area (Å²) in [7, 11) is 1.31. The Hall–Kier alpha value is -2.08. The van der Waals surface area contributed by atoms with Gasteiger partial charge in [-0.2, -0.15) is 0 Å². The second-order valence-corrected chi connectivity index (χ2v) is 8.26. The van der Waals surface area contributed by atoms with Gasteiger partial charge in [0.25, 0.3) is 0 Å². The van der Waals surface area contributed by atoms with Gasteiger partial charge in [-0.05, 0) is 41.8 Å². The summed E-state index contributed by atoms with van der Waals surface area (Å²) >= 11 is 12.2. The number of benzene rings is 2. The van der Waals surface area contributed by atoms with Crippen molar-refractivity contribution in [3.05, 3.63) is 69.7 Å². The Bertz CT molecular complexity index is 887. The monoisotopic (exact) mass is 420 g/mol. The lowest BCUT2D eigenvalue weighted by Crippen LogP contribution is -2.55. The molecule has 1 amide bonds. The normalized spacial score (nSPS) is 24.9. The fraction of sp³-hybridized carbons (Fsp3) is 0.333. The molecule has 0 bridgehead atoms. The first kappa shape index (κ1) is 20.6. The molecule has 0 aromatic heterocycles.